The van der Waals surface area contributed by atoms with Crippen LogP contribution in [0.5, 0.6) is 5.75 Å². The van der Waals surface area contributed by atoms with Crippen molar-refractivity contribution in [1.29, 1.82) is 0 Å². The standard InChI is InChI=1S/C15H20N2O3/c1-10-9-12(18)3-4-13(10)15(20)17-7-5-11(6-8-17)14(19)16-2/h3-4,9,11,18H,5-8H2,1-2H3,(H,16,19). The number of benzene rings is 1. The number of nitrogens with one attached hydrogen (secondary N) is 1. The molecule has 2 N–H and O–H groups in total. The number of likely N-dealkylation sites (tertiary alicyclic amines) is 1. The largest absolute Gasteiger partial charge is 0.508 e. The normalized spacial score (nSPS) is 16.0. The molecule has 5 nitrogen and oxygen atoms in total. The monoisotopic (exact) mass is 276 g/mol. The molecule has 2 rings (SSSR count). The molecule has 0 radical (unpaired) electrons. The van der Waals surface area contributed by atoms with Crippen molar-refractivity contribution in [2.75, 3.05) is 20.1 Å². The number of aryl methyl sites for hydroxylation is 1. The molecule has 0 unspecified atom stereocenters. The molecule has 0 atom stereocenters. The lowest BCUT2D eigenvalue weighted by Gasteiger charge is -2.31. The Labute approximate surface area is 118 Å². The van der Waals surface area contributed by atoms with E-state index < -0.39 is 0 Å². The average Bonchev–Trinajstić information content (AvgIpc) is 2.46. The maximum Gasteiger partial charge on any atom is 0.254 e. The fourth-order valence-electron chi connectivity index (χ4n) is 2.61. The Kier molecular flexibility index (Phi) is 4.27. The van der Waals surface area contributed by atoms with E-state index in [1.54, 1.807) is 24.1 Å². The van der Waals surface area contributed by atoms with Crippen LogP contribution >= 0.6 is 0 Å². The molecule has 0 bridgehead atoms. The number of carbonyl (C=O) groups excluding carboxylic acids is 2. The van der Waals surface area contributed by atoms with Crippen molar-refractivity contribution in [3.8, 4) is 5.75 Å². The highest BCUT2D eigenvalue weighted by Crippen LogP contribution is 2.22. The number of hydrogen-bond acceptors (Lipinski definition) is 3. The third-order valence-corrected chi connectivity index (χ3v) is 3.84. The molecule has 1 aliphatic heterocycles. The van der Waals surface area contributed by atoms with Gasteiger partial charge in [-0.1, -0.05) is 0 Å². The molecule has 108 valence electrons. The molecule has 20 heavy (non-hydrogen) atoms. The van der Waals surface area contributed by atoms with Crippen LogP contribution in [0.4, 0.5) is 0 Å². The van der Waals surface area contributed by atoms with Crippen LogP contribution in [0.15, 0.2) is 18.2 Å². The number of phenolic OH excluding ortho intramolecular Hbond substituents is 1. The number of aromatic hydroxyl groups is 1. The number of rotatable bonds is 2. The van der Waals surface area contributed by atoms with Crippen molar-refractivity contribution in [2.45, 2.75) is 19.8 Å². The number of amides is 2. The summed E-state index contributed by atoms with van der Waals surface area (Å²) in [4.78, 5) is 25.8. The van der Waals surface area contributed by atoms with Crippen molar-refractivity contribution >= 4 is 11.8 Å². The topological polar surface area (TPSA) is 69.6 Å². The van der Waals surface area contributed by atoms with Gasteiger partial charge in [0, 0.05) is 31.6 Å². The lowest BCUT2D eigenvalue weighted by atomic mass is 9.95. The van der Waals surface area contributed by atoms with E-state index in [1.165, 1.54) is 6.07 Å². The van der Waals surface area contributed by atoms with Crippen LogP contribution in [0.2, 0.25) is 0 Å². The van der Waals surface area contributed by atoms with Gasteiger partial charge in [0.15, 0.2) is 0 Å². The number of phenols is 1. The smallest absolute Gasteiger partial charge is 0.254 e. The van der Waals surface area contributed by atoms with Crippen molar-refractivity contribution in [1.82, 2.24) is 10.2 Å². The number of nitrogens with zero attached hydrogens (tertiary/aromatic N) is 1. The first-order chi connectivity index (χ1) is 9.52. The third-order valence-electron chi connectivity index (χ3n) is 3.84. The molecule has 2 amide bonds. The summed E-state index contributed by atoms with van der Waals surface area (Å²) in [5, 5.41) is 12.0. The van der Waals surface area contributed by atoms with E-state index in [0.717, 1.165) is 5.56 Å². The van der Waals surface area contributed by atoms with Crippen molar-refractivity contribution in [3.05, 3.63) is 29.3 Å². The van der Waals surface area contributed by atoms with Crippen LogP contribution in [0, 0.1) is 12.8 Å². The molecule has 0 saturated carbocycles. The molecular weight excluding hydrogens is 256 g/mol. The van der Waals surface area contributed by atoms with Gasteiger partial charge in [0.1, 0.15) is 5.75 Å². The molecule has 1 aromatic carbocycles. The van der Waals surface area contributed by atoms with E-state index in [-0.39, 0.29) is 23.5 Å². The average molecular weight is 276 g/mol. The number of piperidine rings is 1. The molecule has 1 fully saturated rings. The predicted octanol–water partition coefficient (Wildman–Crippen LogP) is 1.30. The zero-order chi connectivity index (χ0) is 14.7. The van der Waals surface area contributed by atoms with E-state index in [2.05, 4.69) is 5.32 Å². The summed E-state index contributed by atoms with van der Waals surface area (Å²) in [6.45, 7) is 3.00. The zero-order valence-corrected chi connectivity index (χ0v) is 11.8. The Balaban J connectivity index is 2.03. The first kappa shape index (κ1) is 14.4. The third kappa shape index (κ3) is 2.92. The summed E-state index contributed by atoms with van der Waals surface area (Å²) in [6.07, 6.45) is 1.39. The van der Waals surface area contributed by atoms with Gasteiger partial charge in [0.25, 0.3) is 5.91 Å². The number of carbonyl (C=O) groups is 2. The second-order valence-electron chi connectivity index (χ2n) is 5.18. The highest BCUT2D eigenvalue weighted by molar-refractivity contribution is 5.96. The summed E-state index contributed by atoms with van der Waals surface area (Å²) in [5.41, 5.74) is 1.38. The van der Waals surface area contributed by atoms with Gasteiger partial charge in [-0.25, -0.2) is 0 Å². The van der Waals surface area contributed by atoms with E-state index >= 15 is 0 Å². The van der Waals surface area contributed by atoms with E-state index in [9.17, 15) is 14.7 Å². The molecule has 0 aliphatic carbocycles. The summed E-state index contributed by atoms with van der Waals surface area (Å²) >= 11 is 0. The van der Waals surface area contributed by atoms with Gasteiger partial charge >= 0.3 is 0 Å². The van der Waals surface area contributed by atoms with Crippen molar-refractivity contribution < 1.29 is 14.7 Å². The van der Waals surface area contributed by atoms with Gasteiger partial charge in [-0.15, -0.1) is 0 Å². The highest BCUT2D eigenvalue weighted by Gasteiger charge is 2.27. The Hall–Kier alpha value is -2.04. The summed E-state index contributed by atoms with van der Waals surface area (Å²) in [7, 11) is 1.64. The molecule has 1 heterocycles. The second kappa shape index (κ2) is 5.94. The molecule has 1 aliphatic rings. The van der Waals surface area contributed by atoms with Gasteiger partial charge in [-0.05, 0) is 43.5 Å². The van der Waals surface area contributed by atoms with Crippen LogP contribution in [0.1, 0.15) is 28.8 Å². The van der Waals surface area contributed by atoms with Crippen LogP contribution in [-0.2, 0) is 4.79 Å². The second-order valence-corrected chi connectivity index (χ2v) is 5.18. The molecule has 0 spiro atoms. The number of hydrogen-bond donors (Lipinski definition) is 2. The molecule has 1 saturated heterocycles. The molecule has 1 aromatic rings. The highest BCUT2D eigenvalue weighted by atomic mass is 16.3. The molecular formula is C15H20N2O3. The summed E-state index contributed by atoms with van der Waals surface area (Å²) in [6, 6.07) is 4.76. The van der Waals surface area contributed by atoms with Gasteiger partial charge in [0.05, 0.1) is 0 Å². The minimum Gasteiger partial charge on any atom is -0.508 e. The Morgan fingerprint density at radius 2 is 1.95 bits per heavy atom. The first-order valence-corrected chi connectivity index (χ1v) is 6.83. The van der Waals surface area contributed by atoms with E-state index in [0.29, 0.717) is 31.5 Å². The molecule has 5 heteroatoms. The lowest BCUT2D eigenvalue weighted by molar-refractivity contribution is -0.125. The fourth-order valence-corrected chi connectivity index (χ4v) is 2.61. The van der Waals surface area contributed by atoms with Gasteiger partial charge < -0.3 is 15.3 Å². The van der Waals surface area contributed by atoms with Crippen molar-refractivity contribution in [2.24, 2.45) is 5.92 Å². The SMILES string of the molecule is CNC(=O)C1CCN(C(=O)c2ccc(O)cc2C)CC1. The summed E-state index contributed by atoms with van der Waals surface area (Å²) in [5.74, 6) is 0.193. The van der Waals surface area contributed by atoms with Crippen molar-refractivity contribution in [3.63, 3.8) is 0 Å². The first-order valence-electron chi connectivity index (χ1n) is 6.83. The Bertz CT molecular complexity index is 520. The van der Waals surface area contributed by atoms with Crippen LogP contribution in [0.25, 0.3) is 0 Å². The van der Waals surface area contributed by atoms with E-state index in [4.69, 9.17) is 0 Å². The van der Waals surface area contributed by atoms with Gasteiger partial charge in [-0.2, -0.15) is 0 Å². The predicted molar refractivity (Wildman–Crippen MR) is 75.5 cm³/mol. The lowest BCUT2D eigenvalue weighted by Crippen LogP contribution is -2.42. The van der Waals surface area contributed by atoms with Gasteiger partial charge in [-0.3, -0.25) is 9.59 Å². The minimum atomic E-state index is -0.0298. The maximum absolute atomic E-state index is 12.4. The fraction of sp³-hybridized carbons (Fsp3) is 0.467. The molecule has 0 aromatic heterocycles. The Morgan fingerprint density at radius 1 is 1.30 bits per heavy atom. The van der Waals surface area contributed by atoms with Crippen LogP contribution < -0.4 is 5.32 Å². The van der Waals surface area contributed by atoms with Crippen LogP contribution in [-0.4, -0.2) is 42.0 Å². The summed E-state index contributed by atoms with van der Waals surface area (Å²) < 4.78 is 0. The van der Waals surface area contributed by atoms with E-state index in [1.807, 2.05) is 6.92 Å². The van der Waals surface area contributed by atoms with Gasteiger partial charge in [0.2, 0.25) is 5.91 Å². The maximum atomic E-state index is 12.4. The quantitative estimate of drug-likeness (QED) is 0.855. The zero-order valence-electron chi connectivity index (χ0n) is 11.8. The van der Waals surface area contributed by atoms with Crippen LogP contribution in [0.3, 0.4) is 0 Å². The Morgan fingerprint density at radius 3 is 2.50 bits per heavy atom. The minimum absolute atomic E-state index is 0.00460.